The maximum absolute atomic E-state index is 12.2. The van der Waals surface area contributed by atoms with E-state index in [9.17, 15) is 9.59 Å². The highest BCUT2D eigenvalue weighted by atomic mass is 16.5. The lowest BCUT2D eigenvalue weighted by Gasteiger charge is -2.09. The molecule has 3 rings (SSSR count). The van der Waals surface area contributed by atoms with Crippen LogP contribution in [0.25, 0.3) is 6.08 Å². The molecule has 0 atom stereocenters. The van der Waals surface area contributed by atoms with Crippen molar-refractivity contribution in [2.75, 3.05) is 10.6 Å². The number of carbonyl (C=O) groups excluding carboxylic acids is 2. The summed E-state index contributed by atoms with van der Waals surface area (Å²) in [5, 5.41) is 5.53. The van der Waals surface area contributed by atoms with Gasteiger partial charge in [0.25, 0.3) is 0 Å². The Kier molecular flexibility index (Phi) is 6.32. The summed E-state index contributed by atoms with van der Waals surface area (Å²) < 4.78 is 5.58. The fourth-order valence-electron chi connectivity index (χ4n) is 2.51. The van der Waals surface area contributed by atoms with Crippen LogP contribution in [0.15, 0.2) is 67.0 Å². The zero-order chi connectivity index (χ0) is 20.6. The molecule has 0 unspecified atom stereocenters. The van der Waals surface area contributed by atoms with Crippen molar-refractivity contribution in [3.63, 3.8) is 0 Å². The Balaban J connectivity index is 1.60. The molecule has 7 nitrogen and oxygen atoms in total. The number of ether oxygens (including phenoxy) is 1. The Morgan fingerprint density at radius 1 is 1.00 bits per heavy atom. The van der Waals surface area contributed by atoms with Crippen LogP contribution >= 0.6 is 0 Å². The summed E-state index contributed by atoms with van der Waals surface area (Å²) in [5.41, 5.74) is 3.08. The lowest BCUT2D eigenvalue weighted by atomic mass is 10.1. The molecule has 2 aromatic carbocycles. The Labute approximate surface area is 168 Å². The van der Waals surface area contributed by atoms with Crippen molar-refractivity contribution in [2.45, 2.75) is 13.8 Å². The van der Waals surface area contributed by atoms with Gasteiger partial charge in [-0.15, -0.1) is 0 Å². The maximum Gasteiger partial charge on any atom is 0.321 e. The molecule has 1 heterocycles. The number of nitrogens with one attached hydrogen (secondary N) is 2. The third-order valence-electron chi connectivity index (χ3n) is 3.87. The third-order valence-corrected chi connectivity index (χ3v) is 3.87. The number of aryl methyl sites for hydroxylation is 1. The van der Waals surface area contributed by atoms with Crippen molar-refractivity contribution in [3.8, 4) is 11.8 Å². The number of nitrogens with zero attached hydrogens (tertiary/aromatic N) is 2. The summed E-state index contributed by atoms with van der Waals surface area (Å²) in [5.74, 6) is 0.205. The maximum atomic E-state index is 12.2. The van der Waals surface area contributed by atoms with Crippen LogP contribution in [-0.4, -0.2) is 21.8 Å². The van der Waals surface area contributed by atoms with Crippen LogP contribution in [0.5, 0.6) is 11.8 Å². The fourth-order valence-corrected chi connectivity index (χ4v) is 2.51. The van der Waals surface area contributed by atoms with Gasteiger partial charge in [-0.3, -0.25) is 9.59 Å². The van der Waals surface area contributed by atoms with Gasteiger partial charge in [-0.05, 0) is 60.5 Å². The number of aromatic nitrogens is 2. The first-order chi connectivity index (χ1) is 14.0. The molecule has 3 aromatic rings. The second-order valence-corrected chi connectivity index (χ2v) is 6.24. The van der Waals surface area contributed by atoms with Crippen LogP contribution < -0.4 is 15.4 Å². The van der Waals surface area contributed by atoms with E-state index in [-0.39, 0.29) is 17.8 Å². The molecule has 0 bridgehead atoms. The number of anilines is 2. The molecule has 0 saturated heterocycles. The number of benzene rings is 2. The molecule has 0 aliphatic rings. The number of hydrogen-bond acceptors (Lipinski definition) is 5. The van der Waals surface area contributed by atoms with Gasteiger partial charge in [0.05, 0.1) is 0 Å². The molecule has 0 saturated carbocycles. The predicted molar refractivity (Wildman–Crippen MR) is 112 cm³/mol. The first kappa shape index (κ1) is 19.8. The number of rotatable bonds is 6. The number of carbonyl (C=O) groups is 2. The van der Waals surface area contributed by atoms with E-state index >= 15 is 0 Å². The second-order valence-electron chi connectivity index (χ2n) is 6.24. The number of hydrogen-bond donors (Lipinski definition) is 2. The Bertz CT molecular complexity index is 1030. The average molecular weight is 388 g/mol. The molecular weight excluding hydrogens is 368 g/mol. The van der Waals surface area contributed by atoms with Crippen LogP contribution in [0.2, 0.25) is 0 Å². The topological polar surface area (TPSA) is 93.2 Å². The average Bonchev–Trinajstić information content (AvgIpc) is 2.70. The zero-order valence-corrected chi connectivity index (χ0v) is 16.0. The molecule has 29 heavy (non-hydrogen) atoms. The minimum absolute atomic E-state index is 0.129. The molecule has 2 N–H and O–H groups in total. The SMILES string of the molecule is CC(=O)Nc1ccc(/C=C/C(=O)Nc2ccc(Oc3ncccn3)cc2C)cc1. The minimum atomic E-state index is -0.251. The van der Waals surface area contributed by atoms with Crippen molar-refractivity contribution in [1.29, 1.82) is 0 Å². The van der Waals surface area contributed by atoms with Gasteiger partial charge in [0, 0.05) is 36.8 Å². The van der Waals surface area contributed by atoms with Crippen LogP contribution in [0, 0.1) is 6.92 Å². The summed E-state index contributed by atoms with van der Waals surface area (Å²) in [7, 11) is 0. The van der Waals surface area contributed by atoms with Crippen LogP contribution in [0.3, 0.4) is 0 Å². The van der Waals surface area contributed by atoms with Crippen molar-refractivity contribution >= 4 is 29.3 Å². The van der Waals surface area contributed by atoms with Crippen LogP contribution in [0.4, 0.5) is 11.4 Å². The standard InChI is InChI=1S/C22H20N4O3/c1-15-14-19(29-22-23-12-3-13-24-22)9-10-20(15)26-21(28)11-6-17-4-7-18(8-5-17)25-16(2)27/h3-14H,1-2H3,(H,25,27)(H,26,28)/b11-6+. The largest absolute Gasteiger partial charge is 0.424 e. The van der Waals surface area contributed by atoms with Gasteiger partial charge in [0.15, 0.2) is 0 Å². The molecular formula is C22H20N4O3. The molecule has 1 aromatic heterocycles. The number of amides is 2. The second kappa shape index (κ2) is 9.27. The summed E-state index contributed by atoms with van der Waals surface area (Å²) in [6.07, 6.45) is 6.36. The van der Waals surface area contributed by atoms with E-state index in [0.717, 1.165) is 11.1 Å². The zero-order valence-electron chi connectivity index (χ0n) is 16.0. The third kappa shape index (κ3) is 6.00. The van der Waals surface area contributed by atoms with E-state index in [1.54, 1.807) is 54.9 Å². The van der Waals surface area contributed by atoms with Crippen LogP contribution in [0.1, 0.15) is 18.1 Å². The highest BCUT2D eigenvalue weighted by molar-refractivity contribution is 6.02. The Morgan fingerprint density at radius 3 is 2.38 bits per heavy atom. The molecule has 146 valence electrons. The normalized spacial score (nSPS) is 10.6. The van der Waals surface area contributed by atoms with E-state index in [1.165, 1.54) is 13.0 Å². The summed E-state index contributed by atoms with van der Waals surface area (Å²) in [6.45, 7) is 3.33. The van der Waals surface area contributed by atoms with Crippen molar-refractivity contribution in [1.82, 2.24) is 9.97 Å². The molecule has 7 heteroatoms. The highest BCUT2D eigenvalue weighted by Crippen LogP contribution is 2.24. The predicted octanol–water partition coefficient (Wildman–Crippen LogP) is 4.19. The summed E-state index contributed by atoms with van der Waals surface area (Å²) in [4.78, 5) is 31.3. The van der Waals surface area contributed by atoms with Gasteiger partial charge in [-0.25, -0.2) is 9.97 Å². The van der Waals surface area contributed by atoms with Gasteiger partial charge in [0.2, 0.25) is 11.8 Å². The van der Waals surface area contributed by atoms with Gasteiger partial charge in [0.1, 0.15) is 5.75 Å². The van der Waals surface area contributed by atoms with Crippen molar-refractivity contribution < 1.29 is 14.3 Å². The lowest BCUT2D eigenvalue weighted by molar-refractivity contribution is -0.114. The Hall–Kier alpha value is -4.00. The van der Waals surface area contributed by atoms with E-state index in [4.69, 9.17) is 4.74 Å². The molecule has 0 spiro atoms. The summed E-state index contributed by atoms with van der Waals surface area (Å²) in [6, 6.07) is 14.5. The highest BCUT2D eigenvalue weighted by Gasteiger charge is 2.05. The lowest BCUT2D eigenvalue weighted by Crippen LogP contribution is -2.09. The Morgan fingerprint density at radius 2 is 1.72 bits per heavy atom. The van der Waals surface area contributed by atoms with Crippen molar-refractivity contribution in [2.24, 2.45) is 0 Å². The van der Waals surface area contributed by atoms with Crippen molar-refractivity contribution in [3.05, 3.63) is 78.1 Å². The first-order valence-corrected chi connectivity index (χ1v) is 8.92. The van der Waals surface area contributed by atoms with Gasteiger partial charge in [-0.1, -0.05) is 12.1 Å². The molecule has 0 radical (unpaired) electrons. The monoisotopic (exact) mass is 388 g/mol. The van der Waals surface area contributed by atoms with E-state index < -0.39 is 0 Å². The quantitative estimate of drug-likeness (QED) is 0.618. The summed E-state index contributed by atoms with van der Waals surface area (Å²) >= 11 is 0. The molecule has 2 amide bonds. The van der Waals surface area contributed by atoms with E-state index in [2.05, 4.69) is 20.6 Å². The molecule has 0 fully saturated rings. The first-order valence-electron chi connectivity index (χ1n) is 8.92. The van der Waals surface area contributed by atoms with Crippen LogP contribution in [-0.2, 0) is 9.59 Å². The van der Waals surface area contributed by atoms with Gasteiger partial charge < -0.3 is 15.4 Å². The molecule has 0 aliphatic heterocycles. The smallest absolute Gasteiger partial charge is 0.321 e. The van der Waals surface area contributed by atoms with Gasteiger partial charge >= 0.3 is 6.01 Å². The van der Waals surface area contributed by atoms with E-state index in [1.807, 2.05) is 19.1 Å². The fraction of sp³-hybridized carbons (Fsp3) is 0.0909. The minimum Gasteiger partial charge on any atom is -0.424 e. The molecule has 0 aliphatic carbocycles. The van der Waals surface area contributed by atoms with Gasteiger partial charge in [-0.2, -0.15) is 0 Å². The van der Waals surface area contributed by atoms with E-state index in [0.29, 0.717) is 17.1 Å².